The molecule has 1 aromatic carbocycles. The van der Waals surface area contributed by atoms with E-state index in [1.807, 2.05) is 38.1 Å². The second-order valence-electron chi connectivity index (χ2n) is 4.27. The van der Waals surface area contributed by atoms with E-state index in [1.165, 1.54) is 6.26 Å². The lowest BCUT2D eigenvalue weighted by molar-refractivity contribution is 0.0633. The standard InChI is InChI=1S/C14H17NO3/c1-3-15(10(2)8-16)14(17)12-9-18-13-7-5-4-6-11(12)13/h4-7,9-10,16H,3,8H2,1-2H3/t10-/m0/s1. The van der Waals surface area contributed by atoms with Crippen LogP contribution in [0.2, 0.25) is 0 Å². The summed E-state index contributed by atoms with van der Waals surface area (Å²) in [6.07, 6.45) is 1.49. The molecule has 0 bridgehead atoms. The van der Waals surface area contributed by atoms with Crippen LogP contribution in [0.5, 0.6) is 0 Å². The maximum absolute atomic E-state index is 12.4. The predicted molar refractivity (Wildman–Crippen MR) is 69.5 cm³/mol. The van der Waals surface area contributed by atoms with E-state index in [2.05, 4.69) is 0 Å². The Hall–Kier alpha value is -1.81. The first-order chi connectivity index (χ1) is 8.69. The number of furan rings is 1. The highest BCUT2D eigenvalue weighted by Gasteiger charge is 2.22. The predicted octanol–water partition coefficient (Wildman–Crippen LogP) is 2.28. The van der Waals surface area contributed by atoms with Gasteiger partial charge in [0.05, 0.1) is 18.2 Å². The summed E-state index contributed by atoms with van der Waals surface area (Å²) in [5, 5.41) is 9.99. The molecule has 96 valence electrons. The molecule has 0 saturated carbocycles. The first-order valence-electron chi connectivity index (χ1n) is 6.07. The maximum atomic E-state index is 12.4. The molecule has 0 spiro atoms. The van der Waals surface area contributed by atoms with Crippen molar-refractivity contribution in [3.8, 4) is 0 Å². The summed E-state index contributed by atoms with van der Waals surface area (Å²) < 4.78 is 5.37. The smallest absolute Gasteiger partial charge is 0.258 e. The SMILES string of the molecule is CCN(C(=O)c1coc2ccccc12)[C@@H](C)CO. The molecule has 1 atom stereocenters. The molecule has 4 nitrogen and oxygen atoms in total. The lowest BCUT2D eigenvalue weighted by Gasteiger charge is -2.26. The van der Waals surface area contributed by atoms with Gasteiger partial charge in [0.1, 0.15) is 11.8 Å². The number of hydrogen-bond acceptors (Lipinski definition) is 3. The largest absolute Gasteiger partial charge is 0.463 e. The van der Waals surface area contributed by atoms with Crippen LogP contribution in [-0.2, 0) is 0 Å². The number of benzene rings is 1. The van der Waals surface area contributed by atoms with Crippen molar-refractivity contribution in [2.45, 2.75) is 19.9 Å². The Bertz CT molecular complexity index is 547. The van der Waals surface area contributed by atoms with Crippen LogP contribution in [-0.4, -0.2) is 35.1 Å². The number of likely N-dealkylation sites (N-methyl/N-ethyl adjacent to an activating group) is 1. The van der Waals surface area contributed by atoms with Gasteiger partial charge in [0.25, 0.3) is 5.91 Å². The minimum atomic E-state index is -0.198. The van der Waals surface area contributed by atoms with Crippen molar-refractivity contribution in [3.63, 3.8) is 0 Å². The molecule has 2 rings (SSSR count). The number of fused-ring (bicyclic) bond motifs is 1. The van der Waals surface area contributed by atoms with Crippen molar-refractivity contribution >= 4 is 16.9 Å². The zero-order chi connectivity index (χ0) is 13.1. The number of amides is 1. The number of nitrogens with zero attached hydrogens (tertiary/aromatic N) is 1. The van der Waals surface area contributed by atoms with E-state index < -0.39 is 0 Å². The monoisotopic (exact) mass is 247 g/mol. The van der Waals surface area contributed by atoms with Gasteiger partial charge in [-0.25, -0.2) is 0 Å². The zero-order valence-corrected chi connectivity index (χ0v) is 10.6. The summed E-state index contributed by atoms with van der Waals surface area (Å²) in [6, 6.07) is 7.24. The molecule has 4 heteroatoms. The van der Waals surface area contributed by atoms with Gasteiger partial charge in [-0.3, -0.25) is 4.79 Å². The number of carbonyl (C=O) groups excluding carboxylic acids is 1. The molecule has 0 saturated heterocycles. The third-order valence-electron chi connectivity index (χ3n) is 3.11. The normalized spacial score (nSPS) is 12.6. The van der Waals surface area contributed by atoms with Gasteiger partial charge in [-0.05, 0) is 19.9 Å². The molecule has 0 aliphatic rings. The fourth-order valence-electron chi connectivity index (χ4n) is 2.05. The molecule has 0 fully saturated rings. The Balaban J connectivity index is 2.38. The van der Waals surface area contributed by atoms with Crippen LogP contribution in [0.25, 0.3) is 11.0 Å². The Labute approximate surface area is 106 Å². The van der Waals surface area contributed by atoms with Crippen LogP contribution in [0.1, 0.15) is 24.2 Å². The summed E-state index contributed by atoms with van der Waals surface area (Å²) in [5.74, 6) is -0.107. The molecule has 1 amide bonds. The Morgan fingerprint density at radius 2 is 2.17 bits per heavy atom. The summed E-state index contributed by atoms with van der Waals surface area (Å²) in [4.78, 5) is 14.0. The van der Waals surface area contributed by atoms with E-state index >= 15 is 0 Å². The third-order valence-corrected chi connectivity index (χ3v) is 3.11. The molecule has 1 heterocycles. The summed E-state index contributed by atoms with van der Waals surface area (Å²) in [6.45, 7) is 4.23. The number of rotatable bonds is 4. The lowest BCUT2D eigenvalue weighted by atomic mass is 10.1. The van der Waals surface area contributed by atoms with E-state index in [4.69, 9.17) is 4.42 Å². The van der Waals surface area contributed by atoms with Crippen molar-refractivity contribution < 1.29 is 14.3 Å². The minimum Gasteiger partial charge on any atom is -0.463 e. The van der Waals surface area contributed by atoms with Gasteiger partial charge in [0, 0.05) is 11.9 Å². The summed E-state index contributed by atoms with van der Waals surface area (Å²) in [7, 11) is 0. The number of para-hydroxylation sites is 1. The highest BCUT2D eigenvalue weighted by atomic mass is 16.3. The molecular formula is C14H17NO3. The second kappa shape index (κ2) is 5.23. The number of aliphatic hydroxyl groups is 1. The van der Waals surface area contributed by atoms with E-state index in [9.17, 15) is 9.90 Å². The number of hydrogen-bond donors (Lipinski definition) is 1. The molecule has 0 aliphatic carbocycles. The van der Waals surface area contributed by atoms with Gasteiger partial charge in [-0.1, -0.05) is 18.2 Å². The maximum Gasteiger partial charge on any atom is 0.258 e. The number of aliphatic hydroxyl groups excluding tert-OH is 1. The van der Waals surface area contributed by atoms with E-state index in [1.54, 1.807) is 4.90 Å². The van der Waals surface area contributed by atoms with E-state index in [0.29, 0.717) is 17.7 Å². The quantitative estimate of drug-likeness (QED) is 0.901. The molecule has 0 aliphatic heterocycles. The molecule has 0 radical (unpaired) electrons. The van der Waals surface area contributed by atoms with Gasteiger partial charge in [-0.15, -0.1) is 0 Å². The average Bonchev–Trinajstić information content (AvgIpc) is 2.82. The zero-order valence-electron chi connectivity index (χ0n) is 10.6. The van der Waals surface area contributed by atoms with Crippen molar-refractivity contribution in [2.75, 3.05) is 13.2 Å². The molecule has 2 aromatic rings. The molecule has 18 heavy (non-hydrogen) atoms. The van der Waals surface area contributed by atoms with Gasteiger partial charge in [0.2, 0.25) is 0 Å². The fourth-order valence-corrected chi connectivity index (χ4v) is 2.05. The summed E-state index contributed by atoms with van der Waals surface area (Å²) in [5.41, 5.74) is 1.25. The second-order valence-corrected chi connectivity index (χ2v) is 4.27. The van der Waals surface area contributed by atoms with Gasteiger partial charge >= 0.3 is 0 Å². The van der Waals surface area contributed by atoms with E-state index in [0.717, 1.165) is 5.39 Å². The third kappa shape index (κ3) is 2.11. The van der Waals surface area contributed by atoms with Crippen LogP contribution < -0.4 is 0 Å². The van der Waals surface area contributed by atoms with Crippen LogP contribution in [0.3, 0.4) is 0 Å². The van der Waals surface area contributed by atoms with Crippen LogP contribution >= 0.6 is 0 Å². The first kappa shape index (κ1) is 12.6. The Morgan fingerprint density at radius 3 is 2.83 bits per heavy atom. The van der Waals surface area contributed by atoms with Crippen molar-refractivity contribution in [1.82, 2.24) is 4.90 Å². The summed E-state index contributed by atoms with van der Waals surface area (Å²) >= 11 is 0. The molecule has 1 N–H and O–H groups in total. The van der Waals surface area contributed by atoms with Gasteiger partial charge < -0.3 is 14.4 Å². The highest BCUT2D eigenvalue weighted by molar-refractivity contribution is 6.05. The topological polar surface area (TPSA) is 53.7 Å². The Morgan fingerprint density at radius 1 is 1.44 bits per heavy atom. The highest BCUT2D eigenvalue weighted by Crippen LogP contribution is 2.22. The number of carbonyl (C=O) groups is 1. The van der Waals surface area contributed by atoms with E-state index in [-0.39, 0.29) is 18.6 Å². The first-order valence-corrected chi connectivity index (χ1v) is 6.07. The van der Waals surface area contributed by atoms with Crippen LogP contribution in [0, 0.1) is 0 Å². The lowest BCUT2D eigenvalue weighted by Crippen LogP contribution is -2.40. The van der Waals surface area contributed by atoms with Crippen molar-refractivity contribution in [3.05, 3.63) is 36.1 Å². The van der Waals surface area contributed by atoms with Crippen LogP contribution in [0.4, 0.5) is 0 Å². The van der Waals surface area contributed by atoms with Crippen molar-refractivity contribution in [1.29, 1.82) is 0 Å². The fraction of sp³-hybridized carbons (Fsp3) is 0.357. The molecule has 1 aromatic heterocycles. The Kier molecular flexibility index (Phi) is 3.67. The average molecular weight is 247 g/mol. The van der Waals surface area contributed by atoms with Gasteiger partial charge in [-0.2, -0.15) is 0 Å². The van der Waals surface area contributed by atoms with Gasteiger partial charge in [0.15, 0.2) is 0 Å². The molecule has 0 unspecified atom stereocenters. The minimum absolute atomic E-state index is 0.0463. The van der Waals surface area contributed by atoms with Crippen molar-refractivity contribution in [2.24, 2.45) is 0 Å². The van der Waals surface area contributed by atoms with Crippen LogP contribution in [0.15, 0.2) is 34.9 Å². The molecular weight excluding hydrogens is 230 g/mol.